The fourth-order valence-corrected chi connectivity index (χ4v) is 5.11. The molecule has 0 radical (unpaired) electrons. The van der Waals surface area contributed by atoms with Crippen LogP contribution >= 0.6 is 22.9 Å². The summed E-state index contributed by atoms with van der Waals surface area (Å²) in [5.74, 6) is 0.0161. The number of thiophene rings is 1. The van der Waals surface area contributed by atoms with E-state index in [1.54, 1.807) is 11.3 Å². The van der Waals surface area contributed by atoms with Crippen molar-refractivity contribution in [2.75, 3.05) is 6.54 Å². The van der Waals surface area contributed by atoms with Crippen LogP contribution in [0.1, 0.15) is 27.6 Å². The van der Waals surface area contributed by atoms with E-state index < -0.39 is 0 Å². The number of aromatic nitrogens is 2. The number of benzene rings is 1. The Labute approximate surface area is 167 Å². The average molecular weight is 398 g/mol. The fraction of sp³-hybridized carbons (Fsp3) is 0.238. The molecule has 2 aromatic heterocycles. The Hall–Kier alpha value is -2.37. The van der Waals surface area contributed by atoms with Gasteiger partial charge in [-0.1, -0.05) is 42.4 Å². The average Bonchev–Trinajstić information content (AvgIpc) is 3.21. The van der Waals surface area contributed by atoms with E-state index in [4.69, 9.17) is 11.6 Å². The third-order valence-corrected chi connectivity index (χ3v) is 6.54. The van der Waals surface area contributed by atoms with Gasteiger partial charge < -0.3 is 4.90 Å². The highest BCUT2D eigenvalue weighted by molar-refractivity contribution is 7.16. The first-order chi connectivity index (χ1) is 13.0. The molecular formula is C21H20ClN3OS. The lowest BCUT2D eigenvalue weighted by atomic mass is 9.84. The predicted octanol–water partition coefficient (Wildman–Crippen LogP) is 4.77. The Morgan fingerprint density at radius 2 is 2.11 bits per heavy atom. The van der Waals surface area contributed by atoms with Gasteiger partial charge in [0.25, 0.3) is 0 Å². The molecule has 0 unspecified atom stereocenters. The van der Waals surface area contributed by atoms with Gasteiger partial charge in [-0.2, -0.15) is 5.10 Å². The summed E-state index contributed by atoms with van der Waals surface area (Å²) < 4.78 is 2.64. The van der Waals surface area contributed by atoms with Crippen molar-refractivity contribution in [1.82, 2.24) is 14.7 Å². The summed E-state index contributed by atoms with van der Waals surface area (Å²) in [4.78, 5) is 15.3. The molecule has 0 bridgehead atoms. The SMILES string of the molecule is C=CC(=O)N1Cc2sc(Cl)cc2[C@@H](c2ccccc2-c2cnn(C)c2C)C1. The number of carbonyl (C=O) groups excluding carboxylic acids is 1. The van der Waals surface area contributed by atoms with Crippen LogP contribution in [0.3, 0.4) is 0 Å². The number of rotatable bonds is 3. The van der Waals surface area contributed by atoms with Crippen LogP contribution in [0.15, 0.2) is 49.2 Å². The van der Waals surface area contributed by atoms with Gasteiger partial charge in [0.15, 0.2) is 0 Å². The molecule has 0 spiro atoms. The summed E-state index contributed by atoms with van der Waals surface area (Å²) in [6, 6.07) is 10.4. The molecule has 0 fully saturated rings. The van der Waals surface area contributed by atoms with Crippen molar-refractivity contribution in [3.8, 4) is 11.1 Å². The van der Waals surface area contributed by atoms with Crippen LogP contribution in [0.25, 0.3) is 11.1 Å². The highest BCUT2D eigenvalue weighted by Gasteiger charge is 2.32. The molecule has 0 saturated carbocycles. The van der Waals surface area contributed by atoms with Crippen LogP contribution in [-0.2, 0) is 18.4 Å². The summed E-state index contributed by atoms with van der Waals surface area (Å²) >= 11 is 7.88. The second kappa shape index (κ2) is 6.98. The van der Waals surface area contributed by atoms with Gasteiger partial charge in [-0.15, -0.1) is 11.3 Å². The molecule has 3 aromatic rings. The molecule has 27 heavy (non-hydrogen) atoms. The van der Waals surface area contributed by atoms with Gasteiger partial charge in [-0.05, 0) is 35.8 Å². The third kappa shape index (κ3) is 3.11. The lowest BCUT2D eigenvalue weighted by molar-refractivity contribution is -0.127. The van der Waals surface area contributed by atoms with Crippen LogP contribution in [0, 0.1) is 6.92 Å². The van der Waals surface area contributed by atoms with E-state index in [2.05, 4.69) is 36.8 Å². The van der Waals surface area contributed by atoms with Crippen LogP contribution in [0.4, 0.5) is 0 Å². The fourth-order valence-electron chi connectivity index (χ4n) is 3.76. The van der Waals surface area contributed by atoms with Gasteiger partial charge in [0.1, 0.15) is 0 Å². The maximum Gasteiger partial charge on any atom is 0.246 e. The normalized spacial score (nSPS) is 16.3. The molecule has 1 amide bonds. The van der Waals surface area contributed by atoms with E-state index in [0.29, 0.717) is 13.1 Å². The molecule has 1 aliphatic heterocycles. The first-order valence-corrected chi connectivity index (χ1v) is 9.96. The first-order valence-electron chi connectivity index (χ1n) is 8.77. The summed E-state index contributed by atoms with van der Waals surface area (Å²) in [6.07, 6.45) is 3.29. The monoisotopic (exact) mass is 397 g/mol. The molecule has 1 aromatic carbocycles. The summed E-state index contributed by atoms with van der Waals surface area (Å²) in [5.41, 5.74) is 5.77. The maximum atomic E-state index is 12.3. The van der Waals surface area contributed by atoms with Crippen molar-refractivity contribution in [2.24, 2.45) is 7.05 Å². The van der Waals surface area contributed by atoms with Crippen molar-refractivity contribution >= 4 is 28.8 Å². The van der Waals surface area contributed by atoms with E-state index in [1.165, 1.54) is 17.2 Å². The highest BCUT2D eigenvalue weighted by Crippen LogP contribution is 2.43. The minimum atomic E-state index is -0.0507. The number of aryl methyl sites for hydroxylation is 1. The predicted molar refractivity (Wildman–Crippen MR) is 110 cm³/mol. The molecular weight excluding hydrogens is 378 g/mol. The zero-order valence-corrected chi connectivity index (χ0v) is 16.8. The lowest BCUT2D eigenvalue weighted by Crippen LogP contribution is -2.37. The molecule has 4 rings (SSSR count). The van der Waals surface area contributed by atoms with E-state index in [-0.39, 0.29) is 11.8 Å². The number of fused-ring (bicyclic) bond motifs is 1. The number of halogens is 1. The van der Waals surface area contributed by atoms with Crippen molar-refractivity contribution < 1.29 is 4.79 Å². The molecule has 138 valence electrons. The van der Waals surface area contributed by atoms with E-state index >= 15 is 0 Å². The molecule has 1 aliphatic rings. The van der Waals surface area contributed by atoms with Gasteiger partial charge in [0.2, 0.25) is 5.91 Å². The number of amides is 1. The van der Waals surface area contributed by atoms with Crippen molar-refractivity contribution in [3.63, 3.8) is 0 Å². The zero-order valence-electron chi connectivity index (χ0n) is 15.3. The van der Waals surface area contributed by atoms with Gasteiger partial charge >= 0.3 is 0 Å². The second-order valence-corrected chi connectivity index (χ2v) is 8.53. The minimum absolute atomic E-state index is 0.0507. The van der Waals surface area contributed by atoms with Crippen LogP contribution in [0.2, 0.25) is 4.34 Å². The highest BCUT2D eigenvalue weighted by atomic mass is 35.5. The van der Waals surface area contributed by atoms with Gasteiger partial charge in [-0.3, -0.25) is 9.48 Å². The Kier molecular flexibility index (Phi) is 4.66. The topological polar surface area (TPSA) is 38.1 Å². The van der Waals surface area contributed by atoms with Crippen LogP contribution in [-0.4, -0.2) is 27.1 Å². The van der Waals surface area contributed by atoms with Gasteiger partial charge in [0.05, 0.1) is 17.1 Å². The number of hydrogen-bond acceptors (Lipinski definition) is 3. The van der Waals surface area contributed by atoms with Crippen LogP contribution in [0.5, 0.6) is 0 Å². The van der Waals surface area contributed by atoms with Crippen molar-refractivity contribution in [3.05, 3.63) is 75.2 Å². The molecule has 3 heterocycles. The Morgan fingerprint density at radius 3 is 2.81 bits per heavy atom. The third-order valence-electron chi connectivity index (χ3n) is 5.27. The van der Waals surface area contributed by atoms with Crippen molar-refractivity contribution in [1.29, 1.82) is 0 Å². The van der Waals surface area contributed by atoms with Gasteiger partial charge in [-0.25, -0.2) is 0 Å². The Bertz CT molecular complexity index is 1040. The zero-order chi connectivity index (χ0) is 19.1. The van der Waals surface area contributed by atoms with Crippen molar-refractivity contribution in [2.45, 2.75) is 19.4 Å². The Morgan fingerprint density at radius 1 is 1.33 bits per heavy atom. The molecule has 1 atom stereocenters. The number of carbonyl (C=O) groups is 1. The van der Waals surface area contributed by atoms with E-state index in [9.17, 15) is 4.79 Å². The molecule has 0 N–H and O–H groups in total. The standard InChI is InChI=1S/C21H20ClN3OS/c1-4-21(26)25-11-18(16-9-20(22)27-19(16)12-25)15-8-6-5-7-14(15)17-10-23-24(3)13(17)2/h4-10,18H,1,11-12H2,2-3H3/t18-/m1/s1. The summed E-state index contributed by atoms with van der Waals surface area (Å²) in [5, 5.41) is 4.40. The molecule has 0 saturated heterocycles. The maximum absolute atomic E-state index is 12.3. The largest absolute Gasteiger partial charge is 0.333 e. The first kappa shape index (κ1) is 18.0. The summed E-state index contributed by atoms with van der Waals surface area (Å²) in [6.45, 7) is 6.92. The molecule has 0 aliphatic carbocycles. The summed E-state index contributed by atoms with van der Waals surface area (Å²) in [7, 11) is 1.95. The lowest BCUT2D eigenvalue weighted by Gasteiger charge is -2.33. The number of hydrogen-bond donors (Lipinski definition) is 0. The van der Waals surface area contributed by atoms with E-state index in [1.807, 2.05) is 35.0 Å². The minimum Gasteiger partial charge on any atom is -0.333 e. The van der Waals surface area contributed by atoms with E-state index in [0.717, 1.165) is 26.0 Å². The van der Waals surface area contributed by atoms with Crippen LogP contribution < -0.4 is 0 Å². The van der Waals surface area contributed by atoms with Gasteiger partial charge in [0, 0.05) is 35.6 Å². The second-order valence-electron chi connectivity index (χ2n) is 6.76. The quantitative estimate of drug-likeness (QED) is 0.597. The molecule has 6 heteroatoms. The smallest absolute Gasteiger partial charge is 0.246 e. The Balaban J connectivity index is 1.86. The number of nitrogens with zero attached hydrogens (tertiary/aromatic N) is 3. The molecule has 4 nitrogen and oxygen atoms in total.